The highest BCUT2D eigenvalue weighted by molar-refractivity contribution is 9.10. The van der Waals surface area contributed by atoms with E-state index in [9.17, 15) is 0 Å². The van der Waals surface area contributed by atoms with E-state index in [2.05, 4.69) is 35.2 Å². The van der Waals surface area contributed by atoms with E-state index in [0.29, 0.717) is 5.92 Å². The summed E-state index contributed by atoms with van der Waals surface area (Å²) in [7, 11) is 0. The molecule has 2 nitrogen and oxygen atoms in total. The second-order valence-electron chi connectivity index (χ2n) is 4.01. The van der Waals surface area contributed by atoms with E-state index in [-0.39, 0.29) is 6.04 Å². The molecule has 0 aromatic heterocycles. The Kier molecular flexibility index (Phi) is 5.06. The van der Waals surface area contributed by atoms with Gasteiger partial charge in [-0.15, -0.1) is 0 Å². The Labute approximate surface area is 104 Å². The highest BCUT2D eigenvalue weighted by atomic mass is 79.9. The minimum absolute atomic E-state index is 0.116. The van der Waals surface area contributed by atoms with Crippen LogP contribution in [0, 0.1) is 5.92 Å². The van der Waals surface area contributed by atoms with E-state index in [1.807, 2.05) is 18.2 Å². The molecule has 0 heterocycles. The maximum absolute atomic E-state index is 6.16. The molecule has 1 atom stereocenters. The molecule has 1 aromatic rings. The molecule has 0 amide bonds. The number of hydrogen-bond acceptors (Lipinski definition) is 2. The highest BCUT2D eigenvalue weighted by Crippen LogP contribution is 2.29. The predicted octanol–water partition coefficient (Wildman–Crippen LogP) is 3.65. The number of nitrogens with one attached hydrogen (secondary N) is 1. The Balaban J connectivity index is 2.91. The number of rotatable bonds is 4. The van der Waals surface area contributed by atoms with E-state index in [1.165, 1.54) is 0 Å². The van der Waals surface area contributed by atoms with E-state index < -0.39 is 0 Å². The summed E-state index contributed by atoms with van der Waals surface area (Å²) in [4.78, 5) is 0. The molecule has 15 heavy (non-hydrogen) atoms. The Hall–Kier alpha value is -0.0900. The topological polar surface area (TPSA) is 38.0 Å². The van der Waals surface area contributed by atoms with Crippen molar-refractivity contribution in [3.8, 4) is 0 Å². The molecular weight excluding hydrogens is 275 g/mol. The van der Waals surface area contributed by atoms with Gasteiger partial charge in [0.05, 0.1) is 0 Å². The van der Waals surface area contributed by atoms with Gasteiger partial charge in [-0.25, -0.2) is 0 Å². The lowest BCUT2D eigenvalue weighted by Gasteiger charge is -2.19. The first kappa shape index (κ1) is 13.0. The Morgan fingerprint density at radius 3 is 2.60 bits per heavy atom. The monoisotopic (exact) mass is 290 g/mol. The molecule has 0 saturated carbocycles. The zero-order valence-electron chi connectivity index (χ0n) is 8.93. The van der Waals surface area contributed by atoms with Gasteiger partial charge in [-0.1, -0.05) is 47.4 Å². The molecular formula is C11H16BrClN2. The number of nitrogens with two attached hydrogens (primary N) is 1. The first-order valence-corrected chi connectivity index (χ1v) is 6.12. The predicted molar refractivity (Wildman–Crippen MR) is 68.7 cm³/mol. The molecule has 0 bridgehead atoms. The van der Waals surface area contributed by atoms with Crippen LogP contribution in [0.25, 0.3) is 0 Å². The van der Waals surface area contributed by atoms with E-state index in [0.717, 1.165) is 21.5 Å². The third-order valence-corrected chi connectivity index (χ3v) is 3.07. The molecule has 0 aliphatic rings. The lowest BCUT2D eigenvalue weighted by Crippen LogP contribution is -2.29. The van der Waals surface area contributed by atoms with Crippen LogP contribution in [0.3, 0.4) is 0 Å². The zero-order valence-corrected chi connectivity index (χ0v) is 11.3. The number of hydrazine groups is 1. The second-order valence-corrected chi connectivity index (χ2v) is 5.34. The van der Waals surface area contributed by atoms with Gasteiger partial charge in [0.1, 0.15) is 0 Å². The molecule has 0 fully saturated rings. The summed E-state index contributed by atoms with van der Waals surface area (Å²) in [5, 5.41) is 0.743. The fraction of sp³-hybridized carbons (Fsp3) is 0.455. The van der Waals surface area contributed by atoms with Crippen LogP contribution in [0.4, 0.5) is 0 Å². The molecule has 0 radical (unpaired) electrons. The van der Waals surface area contributed by atoms with E-state index >= 15 is 0 Å². The average Bonchev–Trinajstić information content (AvgIpc) is 2.14. The summed E-state index contributed by atoms with van der Waals surface area (Å²) in [5.41, 5.74) is 3.86. The van der Waals surface area contributed by atoms with Crippen molar-refractivity contribution in [1.29, 1.82) is 0 Å². The minimum atomic E-state index is 0.116. The smallest absolute Gasteiger partial charge is 0.0477 e. The first-order valence-electron chi connectivity index (χ1n) is 4.95. The Bertz CT molecular complexity index is 328. The molecule has 0 saturated heterocycles. The van der Waals surface area contributed by atoms with Gasteiger partial charge in [0.15, 0.2) is 0 Å². The van der Waals surface area contributed by atoms with Crippen LogP contribution in [0.15, 0.2) is 22.7 Å². The lowest BCUT2D eigenvalue weighted by molar-refractivity contribution is 0.438. The van der Waals surface area contributed by atoms with Crippen molar-refractivity contribution in [3.63, 3.8) is 0 Å². The van der Waals surface area contributed by atoms with Crippen LogP contribution in [-0.2, 0) is 0 Å². The van der Waals surface area contributed by atoms with Crippen molar-refractivity contribution in [1.82, 2.24) is 5.43 Å². The molecule has 0 aliphatic carbocycles. The summed E-state index contributed by atoms with van der Waals surface area (Å²) >= 11 is 9.54. The van der Waals surface area contributed by atoms with Gasteiger partial charge >= 0.3 is 0 Å². The molecule has 1 rings (SSSR count). The van der Waals surface area contributed by atoms with Gasteiger partial charge in [-0.3, -0.25) is 11.3 Å². The average molecular weight is 292 g/mol. The summed E-state index contributed by atoms with van der Waals surface area (Å²) < 4.78 is 0.983. The van der Waals surface area contributed by atoms with Gasteiger partial charge in [0.25, 0.3) is 0 Å². The van der Waals surface area contributed by atoms with Crippen molar-refractivity contribution >= 4 is 27.5 Å². The fourth-order valence-corrected chi connectivity index (χ4v) is 2.35. The molecule has 1 unspecified atom stereocenters. The second kappa shape index (κ2) is 5.85. The molecule has 84 valence electrons. The van der Waals surface area contributed by atoms with Gasteiger partial charge in [-0.2, -0.15) is 0 Å². The largest absolute Gasteiger partial charge is 0.271 e. The highest BCUT2D eigenvalue weighted by Gasteiger charge is 2.14. The third kappa shape index (κ3) is 3.76. The van der Waals surface area contributed by atoms with Crippen LogP contribution < -0.4 is 11.3 Å². The molecule has 3 N–H and O–H groups in total. The van der Waals surface area contributed by atoms with Crippen LogP contribution in [0.5, 0.6) is 0 Å². The summed E-state index contributed by atoms with van der Waals surface area (Å²) in [6.45, 7) is 4.33. The lowest BCUT2D eigenvalue weighted by atomic mass is 9.97. The molecule has 1 aromatic carbocycles. The van der Waals surface area contributed by atoms with Crippen molar-refractivity contribution in [2.24, 2.45) is 11.8 Å². The first-order chi connectivity index (χ1) is 7.04. The van der Waals surface area contributed by atoms with Gasteiger partial charge in [-0.05, 0) is 30.0 Å². The zero-order chi connectivity index (χ0) is 11.4. The quantitative estimate of drug-likeness (QED) is 0.656. The van der Waals surface area contributed by atoms with E-state index in [1.54, 1.807) is 0 Å². The van der Waals surface area contributed by atoms with Crippen molar-refractivity contribution in [2.75, 3.05) is 0 Å². The summed E-state index contributed by atoms with van der Waals surface area (Å²) in [6.07, 6.45) is 0.970. The Morgan fingerprint density at radius 2 is 2.13 bits per heavy atom. The van der Waals surface area contributed by atoms with Gasteiger partial charge in [0.2, 0.25) is 0 Å². The third-order valence-electron chi connectivity index (χ3n) is 2.25. The minimum Gasteiger partial charge on any atom is -0.271 e. The maximum Gasteiger partial charge on any atom is 0.0477 e. The SMILES string of the molecule is CC(C)CC(NN)c1ccc(Br)cc1Cl. The molecule has 0 aliphatic heterocycles. The summed E-state index contributed by atoms with van der Waals surface area (Å²) in [6, 6.07) is 5.98. The van der Waals surface area contributed by atoms with Crippen LogP contribution >= 0.6 is 27.5 Å². The van der Waals surface area contributed by atoms with Gasteiger partial charge in [0, 0.05) is 15.5 Å². The molecule has 0 spiro atoms. The molecule has 4 heteroatoms. The fourth-order valence-electron chi connectivity index (χ4n) is 1.54. The van der Waals surface area contributed by atoms with E-state index in [4.69, 9.17) is 17.4 Å². The number of benzene rings is 1. The number of hydrogen-bond donors (Lipinski definition) is 2. The standard InChI is InChI=1S/C11H16BrClN2/c1-7(2)5-11(15-14)9-4-3-8(12)6-10(9)13/h3-4,6-7,11,15H,5,14H2,1-2H3. The summed E-state index contributed by atoms with van der Waals surface area (Å²) in [5.74, 6) is 6.11. The van der Waals surface area contributed by atoms with Crippen LogP contribution in [0.1, 0.15) is 31.9 Å². The van der Waals surface area contributed by atoms with Crippen molar-refractivity contribution in [2.45, 2.75) is 26.3 Å². The van der Waals surface area contributed by atoms with Gasteiger partial charge < -0.3 is 0 Å². The van der Waals surface area contributed by atoms with Crippen molar-refractivity contribution < 1.29 is 0 Å². The maximum atomic E-state index is 6.16. The van der Waals surface area contributed by atoms with Crippen molar-refractivity contribution in [3.05, 3.63) is 33.3 Å². The Morgan fingerprint density at radius 1 is 1.47 bits per heavy atom. The van der Waals surface area contributed by atoms with Crippen LogP contribution in [0.2, 0.25) is 5.02 Å². The normalized spacial score (nSPS) is 13.2. The van der Waals surface area contributed by atoms with Crippen LogP contribution in [-0.4, -0.2) is 0 Å². The number of halogens is 2.